The van der Waals surface area contributed by atoms with Gasteiger partial charge in [0.15, 0.2) is 5.76 Å². The zero-order valence-electron chi connectivity index (χ0n) is 8.54. The number of carbonyl (C=O) groups excluding carboxylic acids is 1. The maximum absolute atomic E-state index is 11.6. The lowest BCUT2D eigenvalue weighted by Gasteiger charge is -1.99. The number of carboxylic acid groups (broad SMARTS) is 1. The van der Waals surface area contributed by atoms with Gasteiger partial charge in [0, 0.05) is 11.4 Å². The fourth-order valence-corrected chi connectivity index (χ4v) is 1.71. The van der Waals surface area contributed by atoms with Gasteiger partial charge in [-0.15, -0.1) is 11.3 Å². The number of furan rings is 1. The first-order valence-electron chi connectivity index (χ1n) is 4.64. The van der Waals surface area contributed by atoms with Gasteiger partial charge in [-0.3, -0.25) is 4.79 Å². The minimum absolute atomic E-state index is 0.0300. The first-order valence-corrected chi connectivity index (χ1v) is 5.58. The van der Waals surface area contributed by atoms with E-state index in [0.717, 1.165) is 12.0 Å². The van der Waals surface area contributed by atoms with Crippen molar-refractivity contribution < 1.29 is 19.1 Å². The molecule has 2 aromatic heterocycles. The van der Waals surface area contributed by atoms with E-state index in [0.29, 0.717) is 0 Å². The maximum Gasteiger partial charge on any atom is 0.338 e. The van der Waals surface area contributed by atoms with Crippen molar-refractivity contribution in [1.29, 1.82) is 0 Å². The molecular weight excluding hydrogens is 244 g/mol. The number of carbonyl (C=O) groups is 2. The lowest BCUT2D eigenvalue weighted by atomic mass is 10.3. The summed E-state index contributed by atoms with van der Waals surface area (Å²) in [6, 6.07) is 1.18. The summed E-state index contributed by atoms with van der Waals surface area (Å²) in [5, 5.41) is 13.0. The number of hydrogen-bond acceptors (Lipinski definition) is 5. The maximum atomic E-state index is 11.6. The first kappa shape index (κ1) is 11.3. The molecule has 88 valence electrons. The molecular formula is C10H8N2O4S. The van der Waals surface area contributed by atoms with E-state index in [-0.39, 0.29) is 17.9 Å². The Kier molecular flexibility index (Phi) is 3.20. The van der Waals surface area contributed by atoms with Crippen LogP contribution in [0.15, 0.2) is 27.6 Å². The van der Waals surface area contributed by atoms with Crippen molar-refractivity contribution in [3.05, 3.63) is 40.2 Å². The normalized spacial score (nSPS) is 10.1. The van der Waals surface area contributed by atoms with Gasteiger partial charge in [0.1, 0.15) is 6.26 Å². The first-order chi connectivity index (χ1) is 8.16. The van der Waals surface area contributed by atoms with Crippen LogP contribution in [-0.4, -0.2) is 22.0 Å². The summed E-state index contributed by atoms with van der Waals surface area (Å²) in [6.45, 7) is 0.283. The van der Waals surface area contributed by atoms with E-state index < -0.39 is 11.9 Å². The highest BCUT2D eigenvalue weighted by atomic mass is 32.1. The quantitative estimate of drug-likeness (QED) is 0.857. The zero-order valence-corrected chi connectivity index (χ0v) is 9.36. The van der Waals surface area contributed by atoms with Gasteiger partial charge in [-0.05, 0) is 0 Å². The van der Waals surface area contributed by atoms with Crippen LogP contribution in [0.2, 0.25) is 0 Å². The molecule has 7 heteroatoms. The Balaban J connectivity index is 1.97. The molecule has 6 nitrogen and oxygen atoms in total. The zero-order chi connectivity index (χ0) is 12.3. The van der Waals surface area contributed by atoms with Crippen molar-refractivity contribution in [2.24, 2.45) is 0 Å². The molecule has 0 saturated carbocycles. The monoisotopic (exact) mass is 252 g/mol. The minimum atomic E-state index is -1.13. The summed E-state index contributed by atoms with van der Waals surface area (Å²) in [7, 11) is 0. The van der Waals surface area contributed by atoms with Crippen LogP contribution in [-0.2, 0) is 6.54 Å². The lowest BCUT2D eigenvalue weighted by molar-refractivity contribution is 0.0696. The van der Waals surface area contributed by atoms with E-state index >= 15 is 0 Å². The number of nitrogens with zero attached hydrogens (tertiary/aromatic N) is 1. The molecule has 1 amide bonds. The van der Waals surface area contributed by atoms with Crippen LogP contribution in [0.1, 0.15) is 26.6 Å². The molecule has 0 aromatic carbocycles. The van der Waals surface area contributed by atoms with Crippen molar-refractivity contribution in [2.45, 2.75) is 6.54 Å². The number of amides is 1. The molecule has 17 heavy (non-hydrogen) atoms. The van der Waals surface area contributed by atoms with Gasteiger partial charge in [-0.25, -0.2) is 9.78 Å². The Bertz CT molecular complexity index is 532. The third-order valence-corrected chi connectivity index (χ3v) is 2.62. The lowest BCUT2D eigenvalue weighted by Crippen LogP contribution is -2.22. The molecule has 0 fully saturated rings. The topological polar surface area (TPSA) is 92.4 Å². The van der Waals surface area contributed by atoms with Gasteiger partial charge in [0.2, 0.25) is 0 Å². The third kappa shape index (κ3) is 2.70. The van der Waals surface area contributed by atoms with E-state index in [1.165, 1.54) is 17.4 Å². The Hall–Kier alpha value is -2.15. The van der Waals surface area contributed by atoms with Crippen molar-refractivity contribution in [3.8, 4) is 0 Å². The number of hydrogen-bond donors (Lipinski definition) is 2. The second-order valence-electron chi connectivity index (χ2n) is 3.17. The van der Waals surface area contributed by atoms with Crippen LogP contribution in [0.4, 0.5) is 0 Å². The molecule has 2 heterocycles. The highest BCUT2D eigenvalue weighted by molar-refractivity contribution is 7.07. The Morgan fingerprint density at radius 3 is 2.94 bits per heavy atom. The highest BCUT2D eigenvalue weighted by Crippen LogP contribution is 2.08. The van der Waals surface area contributed by atoms with Gasteiger partial charge in [-0.1, -0.05) is 0 Å². The van der Waals surface area contributed by atoms with Crippen LogP contribution in [0.25, 0.3) is 0 Å². The Morgan fingerprint density at radius 2 is 2.35 bits per heavy atom. The predicted octanol–water partition coefficient (Wildman–Crippen LogP) is 1.36. The second-order valence-corrected chi connectivity index (χ2v) is 3.89. The van der Waals surface area contributed by atoms with Crippen molar-refractivity contribution in [2.75, 3.05) is 0 Å². The largest absolute Gasteiger partial charge is 0.478 e. The van der Waals surface area contributed by atoms with Crippen LogP contribution < -0.4 is 5.32 Å². The summed E-state index contributed by atoms with van der Waals surface area (Å²) < 4.78 is 4.85. The Labute approximate surface area is 99.9 Å². The standard InChI is InChI=1S/C10H8N2O4S/c13-9(11-2-7-4-17-5-12-7)8-1-6(3-16-8)10(14)15/h1,3-5H,2H2,(H,11,13)(H,14,15). The highest BCUT2D eigenvalue weighted by Gasteiger charge is 2.14. The smallest absolute Gasteiger partial charge is 0.338 e. The fourth-order valence-electron chi connectivity index (χ4n) is 1.15. The second kappa shape index (κ2) is 4.79. The van der Waals surface area contributed by atoms with Gasteiger partial charge in [0.25, 0.3) is 5.91 Å². The molecule has 0 spiro atoms. The summed E-state index contributed by atoms with van der Waals surface area (Å²) in [6.07, 6.45) is 1.03. The van der Waals surface area contributed by atoms with Crippen LogP contribution in [0, 0.1) is 0 Å². The van der Waals surface area contributed by atoms with Crippen molar-refractivity contribution in [3.63, 3.8) is 0 Å². The minimum Gasteiger partial charge on any atom is -0.478 e. The number of carboxylic acids is 1. The van der Waals surface area contributed by atoms with Gasteiger partial charge in [0.05, 0.1) is 23.3 Å². The molecule has 0 atom stereocenters. The molecule has 0 bridgehead atoms. The molecule has 0 aliphatic heterocycles. The van der Waals surface area contributed by atoms with Crippen LogP contribution in [0.5, 0.6) is 0 Å². The molecule has 2 rings (SSSR count). The number of aromatic carboxylic acids is 1. The average molecular weight is 252 g/mol. The summed E-state index contributed by atoms with van der Waals surface area (Å²) >= 11 is 1.43. The molecule has 2 N–H and O–H groups in total. The van der Waals surface area contributed by atoms with Crippen LogP contribution >= 0.6 is 11.3 Å². The van der Waals surface area contributed by atoms with Gasteiger partial charge >= 0.3 is 5.97 Å². The number of thiazole rings is 1. The number of rotatable bonds is 4. The molecule has 0 radical (unpaired) electrons. The fraction of sp³-hybridized carbons (Fsp3) is 0.100. The van der Waals surface area contributed by atoms with E-state index in [1.54, 1.807) is 5.51 Å². The number of aromatic nitrogens is 1. The predicted molar refractivity (Wildman–Crippen MR) is 59.0 cm³/mol. The van der Waals surface area contributed by atoms with E-state index in [1.807, 2.05) is 5.38 Å². The van der Waals surface area contributed by atoms with E-state index in [2.05, 4.69) is 10.3 Å². The van der Waals surface area contributed by atoms with Crippen molar-refractivity contribution in [1.82, 2.24) is 10.3 Å². The SMILES string of the molecule is O=C(O)c1coc(C(=O)NCc2cscn2)c1. The molecule has 0 unspecified atom stereocenters. The summed E-state index contributed by atoms with van der Waals surface area (Å²) in [4.78, 5) is 26.1. The molecule has 0 aliphatic rings. The molecule has 0 aliphatic carbocycles. The summed E-state index contributed by atoms with van der Waals surface area (Å²) in [5.41, 5.74) is 2.36. The van der Waals surface area contributed by atoms with Crippen LogP contribution in [0.3, 0.4) is 0 Å². The third-order valence-electron chi connectivity index (χ3n) is 1.98. The van der Waals surface area contributed by atoms with Gasteiger partial charge < -0.3 is 14.8 Å². The van der Waals surface area contributed by atoms with E-state index in [9.17, 15) is 9.59 Å². The van der Waals surface area contributed by atoms with E-state index in [4.69, 9.17) is 9.52 Å². The molecule has 2 aromatic rings. The van der Waals surface area contributed by atoms with Gasteiger partial charge in [-0.2, -0.15) is 0 Å². The number of nitrogens with one attached hydrogen (secondary N) is 1. The molecule has 0 saturated heterocycles. The average Bonchev–Trinajstić information content (AvgIpc) is 2.96. The Morgan fingerprint density at radius 1 is 1.53 bits per heavy atom. The summed E-state index contributed by atoms with van der Waals surface area (Å²) in [5.74, 6) is -1.63. The van der Waals surface area contributed by atoms with Crippen molar-refractivity contribution >= 4 is 23.2 Å².